The molecule has 1 aliphatic heterocycles. The number of aromatic nitrogens is 1. The number of likely N-dealkylation sites (tertiary alicyclic amines) is 1. The molecule has 9 nitrogen and oxygen atoms in total. The van der Waals surface area contributed by atoms with Gasteiger partial charge in [-0.15, -0.1) is 0 Å². The highest BCUT2D eigenvalue weighted by atomic mass is 32.2. The highest BCUT2D eigenvalue weighted by Crippen LogP contribution is 2.29. The minimum absolute atomic E-state index is 0.0559. The summed E-state index contributed by atoms with van der Waals surface area (Å²) in [5, 5.41) is 2.86. The molecule has 0 radical (unpaired) electrons. The van der Waals surface area contributed by atoms with Crippen molar-refractivity contribution in [2.45, 2.75) is 43.5 Å². The summed E-state index contributed by atoms with van der Waals surface area (Å²) < 4.78 is 33.4. The van der Waals surface area contributed by atoms with Crippen LogP contribution < -0.4 is 14.8 Å². The normalized spacial score (nSPS) is 18.6. The first-order chi connectivity index (χ1) is 15.8. The van der Waals surface area contributed by atoms with Gasteiger partial charge < -0.3 is 15.0 Å². The monoisotopic (exact) mass is 472 g/mol. The van der Waals surface area contributed by atoms with Gasteiger partial charge in [0, 0.05) is 30.9 Å². The maximum absolute atomic E-state index is 13.2. The summed E-state index contributed by atoms with van der Waals surface area (Å²) in [7, 11) is -2.41. The van der Waals surface area contributed by atoms with E-state index in [1.165, 1.54) is 19.2 Å². The third kappa shape index (κ3) is 5.33. The Morgan fingerprint density at radius 2 is 1.97 bits per heavy atom. The molecular weight excluding hydrogens is 444 g/mol. The van der Waals surface area contributed by atoms with Crippen molar-refractivity contribution in [3.05, 3.63) is 47.7 Å². The summed E-state index contributed by atoms with van der Waals surface area (Å²) in [5.41, 5.74) is 1.11. The van der Waals surface area contributed by atoms with Gasteiger partial charge in [-0.2, -0.15) is 0 Å². The number of nitrogens with zero attached hydrogens (tertiary/aromatic N) is 2. The first kappa shape index (κ1) is 23.2. The number of aryl methyl sites for hydroxylation is 1. The summed E-state index contributed by atoms with van der Waals surface area (Å²) in [6.07, 6.45) is 4.56. The van der Waals surface area contributed by atoms with Gasteiger partial charge in [-0.05, 0) is 62.4 Å². The minimum atomic E-state index is -3.81. The molecule has 1 saturated heterocycles. The van der Waals surface area contributed by atoms with Gasteiger partial charge in [0.15, 0.2) is 0 Å². The highest BCUT2D eigenvalue weighted by Gasteiger charge is 2.32. The molecule has 2 amide bonds. The zero-order chi connectivity index (χ0) is 23.6. The fraction of sp³-hybridized carbons (Fsp3) is 0.435. The van der Waals surface area contributed by atoms with Crippen molar-refractivity contribution in [3.8, 4) is 5.75 Å². The van der Waals surface area contributed by atoms with Crippen LogP contribution in [0.5, 0.6) is 5.75 Å². The van der Waals surface area contributed by atoms with E-state index in [-0.39, 0.29) is 46.5 Å². The van der Waals surface area contributed by atoms with E-state index in [0.29, 0.717) is 25.2 Å². The van der Waals surface area contributed by atoms with E-state index in [2.05, 4.69) is 15.0 Å². The number of anilines is 1. The van der Waals surface area contributed by atoms with E-state index in [9.17, 15) is 18.0 Å². The molecule has 10 heteroatoms. The third-order valence-electron chi connectivity index (χ3n) is 5.93. The average Bonchev–Trinajstić information content (AvgIpc) is 3.63. The summed E-state index contributed by atoms with van der Waals surface area (Å²) in [6.45, 7) is 2.62. The lowest BCUT2D eigenvalue weighted by molar-refractivity contribution is -0.121. The maximum atomic E-state index is 13.2. The number of nitrogens with one attached hydrogen (secondary N) is 2. The molecule has 2 aromatic rings. The Bertz CT molecular complexity index is 1160. The molecule has 4 rings (SSSR count). The lowest BCUT2D eigenvalue weighted by Crippen LogP contribution is -2.44. The molecule has 2 fully saturated rings. The predicted octanol–water partition coefficient (Wildman–Crippen LogP) is 2.33. The van der Waals surface area contributed by atoms with Crippen molar-refractivity contribution >= 4 is 27.7 Å². The quantitative estimate of drug-likeness (QED) is 0.639. The number of piperidine rings is 1. The lowest BCUT2D eigenvalue weighted by Gasteiger charge is -2.32. The number of rotatable bonds is 7. The molecule has 1 saturated carbocycles. The number of benzene rings is 1. The number of pyridine rings is 1. The summed E-state index contributed by atoms with van der Waals surface area (Å²) in [6, 6.07) is 8.00. The summed E-state index contributed by atoms with van der Waals surface area (Å²) in [5.74, 6) is -0.171. The number of hydrogen-bond acceptors (Lipinski definition) is 6. The van der Waals surface area contributed by atoms with E-state index in [1.54, 1.807) is 23.2 Å². The molecule has 33 heavy (non-hydrogen) atoms. The largest absolute Gasteiger partial charge is 0.495 e. The number of methoxy groups -OCH3 is 1. The molecular formula is C23H28N4O5S. The van der Waals surface area contributed by atoms with E-state index in [1.807, 2.05) is 13.0 Å². The van der Waals surface area contributed by atoms with E-state index >= 15 is 0 Å². The Balaban J connectivity index is 1.50. The Morgan fingerprint density at radius 3 is 2.67 bits per heavy atom. The van der Waals surface area contributed by atoms with Gasteiger partial charge in [-0.3, -0.25) is 9.59 Å². The molecule has 1 unspecified atom stereocenters. The van der Waals surface area contributed by atoms with Crippen molar-refractivity contribution in [1.82, 2.24) is 14.6 Å². The van der Waals surface area contributed by atoms with Gasteiger partial charge in [0.1, 0.15) is 16.5 Å². The van der Waals surface area contributed by atoms with Gasteiger partial charge in [0.05, 0.1) is 13.0 Å². The van der Waals surface area contributed by atoms with E-state index in [4.69, 9.17) is 4.74 Å². The van der Waals surface area contributed by atoms with Crippen LogP contribution in [-0.4, -0.2) is 56.4 Å². The smallest absolute Gasteiger partial charge is 0.253 e. The van der Waals surface area contributed by atoms with Gasteiger partial charge >= 0.3 is 0 Å². The molecule has 2 N–H and O–H groups in total. The second kappa shape index (κ2) is 9.48. The molecule has 0 bridgehead atoms. The molecule has 1 aliphatic carbocycles. The number of ether oxygens (including phenoxy) is 1. The summed E-state index contributed by atoms with van der Waals surface area (Å²) in [4.78, 5) is 31.8. The van der Waals surface area contributed by atoms with Crippen LogP contribution in [0.1, 0.15) is 41.6 Å². The minimum Gasteiger partial charge on any atom is -0.495 e. The predicted molar refractivity (Wildman–Crippen MR) is 123 cm³/mol. The van der Waals surface area contributed by atoms with Crippen molar-refractivity contribution in [1.29, 1.82) is 0 Å². The Kier molecular flexibility index (Phi) is 6.66. The Hall–Kier alpha value is -2.98. The molecule has 1 atom stereocenters. The van der Waals surface area contributed by atoms with Crippen molar-refractivity contribution < 1.29 is 22.7 Å². The van der Waals surface area contributed by atoms with Crippen LogP contribution in [0.25, 0.3) is 0 Å². The molecule has 0 spiro atoms. The van der Waals surface area contributed by atoms with Crippen LogP contribution in [0, 0.1) is 12.8 Å². The van der Waals surface area contributed by atoms with Crippen molar-refractivity contribution in [3.63, 3.8) is 0 Å². The second-order valence-electron chi connectivity index (χ2n) is 8.51. The van der Waals surface area contributed by atoms with Gasteiger partial charge in [0.25, 0.3) is 5.91 Å². The molecule has 1 aromatic carbocycles. The molecule has 2 aliphatic rings. The average molecular weight is 473 g/mol. The molecule has 176 valence electrons. The van der Waals surface area contributed by atoms with Gasteiger partial charge in [-0.1, -0.05) is 6.07 Å². The van der Waals surface area contributed by atoms with Crippen molar-refractivity contribution in [2.24, 2.45) is 5.92 Å². The molecule has 1 aromatic heterocycles. The standard InChI is InChI=1S/C23H28N4O5S/c1-15-5-3-11-24-21(15)25-22(28)17-6-4-12-27(14-17)23(29)16-7-10-19(32-2)20(13-16)33(30,31)26-18-8-9-18/h3,5,7,10-11,13,17-18,26H,4,6,8-9,12,14H2,1-2H3,(H,24,25,28). The Morgan fingerprint density at radius 1 is 1.18 bits per heavy atom. The first-order valence-corrected chi connectivity index (χ1v) is 12.5. The van der Waals surface area contributed by atoms with Crippen molar-refractivity contribution in [2.75, 3.05) is 25.5 Å². The topological polar surface area (TPSA) is 118 Å². The fourth-order valence-corrected chi connectivity index (χ4v) is 5.40. The van der Waals surface area contributed by atoms with Gasteiger partial charge in [-0.25, -0.2) is 18.1 Å². The number of carbonyl (C=O) groups excluding carboxylic acids is 2. The zero-order valence-corrected chi connectivity index (χ0v) is 19.5. The zero-order valence-electron chi connectivity index (χ0n) is 18.7. The number of hydrogen-bond donors (Lipinski definition) is 2. The maximum Gasteiger partial charge on any atom is 0.253 e. The number of sulfonamides is 1. The first-order valence-electron chi connectivity index (χ1n) is 11.0. The number of amides is 2. The number of carbonyl (C=O) groups is 2. The van der Waals surface area contributed by atoms with Crippen LogP contribution in [0.4, 0.5) is 5.82 Å². The fourth-order valence-electron chi connectivity index (χ4n) is 3.90. The van der Waals surface area contributed by atoms with Crippen LogP contribution in [0.2, 0.25) is 0 Å². The third-order valence-corrected chi connectivity index (χ3v) is 7.47. The SMILES string of the molecule is COc1ccc(C(=O)N2CCCC(C(=O)Nc3ncccc3C)C2)cc1S(=O)(=O)NC1CC1. The van der Waals surface area contributed by atoms with Crippen LogP contribution in [0.3, 0.4) is 0 Å². The van der Waals surface area contributed by atoms with Crippen LogP contribution >= 0.6 is 0 Å². The van der Waals surface area contributed by atoms with E-state index < -0.39 is 10.0 Å². The molecule has 2 heterocycles. The second-order valence-corrected chi connectivity index (χ2v) is 10.2. The van der Waals surface area contributed by atoms with Crippen LogP contribution in [0.15, 0.2) is 41.4 Å². The lowest BCUT2D eigenvalue weighted by atomic mass is 9.96. The van der Waals surface area contributed by atoms with Gasteiger partial charge in [0.2, 0.25) is 15.9 Å². The van der Waals surface area contributed by atoms with Crippen LogP contribution in [-0.2, 0) is 14.8 Å². The van der Waals surface area contributed by atoms with E-state index in [0.717, 1.165) is 18.4 Å². The Labute approximate surface area is 193 Å². The highest BCUT2D eigenvalue weighted by molar-refractivity contribution is 7.89. The summed E-state index contributed by atoms with van der Waals surface area (Å²) >= 11 is 0.